The molecule has 8 heteroatoms. The van der Waals surface area contributed by atoms with Crippen molar-refractivity contribution in [1.82, 2.24) is 14.8 Å². The van der Waals surface area contributed by atoms with Crippen LogP contribution in [-0.4, -0.2) is 26.4 Å². The van der Waals surface area contributed by atoms with E-state index in [0.29, 0.717) is 24.2 Å². The van der Waals surface area contributed by atoms with Crippen molar-refractivity contribution in [2.75, 3.05) is 11.1 Å². The zero-order valence-electron chi connectivity index (χ0n) is 18.9. The van der Waals surface area contributed by atoms with Crippen LogP contribution in [0, 0.1) is 3.57 Å². The normalized spacial score (nSPS) is 11.1. The van der Waals surface area contributed by atoms with Gasteiger partial charge in [-0.1, -0.05) is 44.7 Å². The maximum absolute atomic E-state index is 12.6. The molecule has 2 aromatic carbocycles. The number of halogens is 1. The van der Waals surface area contributed by atoms with Gasteiger partial charge in [0.05, 0.1) is 5.75 Å². The third kappa shape index (κ3) is 6.48. The summed E-state index contributed by atoms with van der Waals surface area (Å²) in [6, 6.07) is 14.2. The minimum atomic E-state index is -0.0578. The molecule has 1 amide bonds. The topological polar surface area (TPSA) is 69.0 Å². The van der Waals surface area contributed by atoms with E-state index in [9.17, 15) is 4.79 Å². The average molecular weight is 564 g/mol. The van der Waals surface area contributed by atoms with Crippen LogP contribution < -0.4 is 10.1 Å². The summed E-state index contributed by atoms with van der Waals surface area (Å²) in [5, 5.41) is 12.3. The summed E-state index contributed by atoms with van der Waals surface area (Å²) in [6.07, 6.45) is 1.00. The van der Waals surface area contributed by atoms with Crippen LogP contribution in [0.3, 0.4) is 0 Å². The number of carbonyl (C=O) groups is 1. The maximum Gasteiger partial charge on any atom is 0.234 e. The van der Waals surface area contributed by atoms with Gasteiger partial charge in [-0.25, -0.2) is 0 Å². The van der Waals surface area contributed by atoms with Crippen molar-refractivity contribution < 1.29 is 9.53 Å². The summed E-state index contributed by atoms with van der Waals surface area (Å²) in [6.45, 7) is 9.46. The Kier molecular flexibility index (Phi) is 8.98. The fraction of sp³-hybridized carbons (Fsp3) is 0.375. The predicted octanol–water partition coefficient (Wildman–Crippen LogP) is 5.90. The highest BCUT2D eigenvalue weighted by atomic mass is 127. The number of thioether (sulfide) groups is 1. The quantitative estimate of drug-likeness (QED) is 0.246. The molecule has 1 heterocycles. The Hall–Kier alpha value is -2.07. The average Bonchev–Trinajstić information content (AvgIpc) is 3.19. The molecule has 170 valence electrons. The van der Waals surface area contributed by atoms with Crippen molar-refractivity contribution in [2.45, 2.75) is 58.3 Å². The molecule has 0 aliphatic carbocycles. The number of anilines is 1. The summed E-state index contributed by atoms with van der Waals surface area (Å²) in [5.74, 6) is 2.09. The number of nitrogens with one attached hydrogen (secondary N) is 1. The number of aromatic nitrogens is 3. The van der Waals surface area contributed by atoms with Crippen molar-refractivity contribution in [3.63, 3.8) is 0 Å². The second kappa shape index (κ2) is 11.7. The van der Waals surface area contributed by atoms with Gasteiger partial charge in [-0.2, -0.15) is 0 Å². The summed E-state index contributed by atoms with van der Waals surface area (Å²) in [4.78, 5) is 12.6. The number of rotatable bonds is 10. The lowest BCUT2D eigenvalue weighted by atomic mass is 10.0. The number of aryl methyl sites for hydroxylation is 1. The SMILES string of the molecule is CCc1ccc(OCc2nnc(SCC(=O)Nc3ccc(I)cc3C(C)C)n2CC)cc1. The first-order chi connectivity index (χ1) is 15.4. The summed E-state index contributed by atoms with van der Waals surface area (Å²) in [7, 11) is 0. The van der Waals surface area contributed by atoms with Crippen LogP contribution in [-0.2, 0) is 24.4 Å². The van der Waals surface area contributed by atoms with Crippen molar-refractivity contribution in [2.24, 2.45) is 0 Å². The Labute approximate surface area is 207 Å². The molecule has 0 bridgehead atoms. The van der Waals surface area contributed by atoms with E-state index in [2.05, 4.69) is 77.1 Å². The first-order valence-corrected chi connectivity index (χ1v) is 12.8. The van der Waals surface area contributed by atoms with Crippen LogP contribution in [0.2, 0.25) is 0 Å². The van der Waals surface area contributed by atoms with Crippen LogP contribution in [0.1, 0.15) is 50.6 Å². The van der Waals surface area contributed by atoms with Crippen LogP contribution in [0.25, 0.3) is 0 Å². The first-order valence-electron chi connectivity index (χ1n) is 10.8. The van der Waals surface area contributed by atoms with Gasteiger partial charge in [0.1, 0.15) is 12.4 Å². The number of ether oxygens (including phenoxy) is 1. The predicted molar refractivity (Wildman–Crippen MR) is 138 cm³/mol. The number of nitrogens with zero attached hydrogens (tertiary/aromatic N) is 3. The second-order valence-electron chi connectivity index (χ2n) is 7.65. The number of carbonyl (C=O) groups excluding carboxylic acids is 1. The van der Waals surface area contributed by atoms with Crippen LogP contribution in [0.4, 0.5) is 5.69 Å². The van der Waals surface area contributed by atoms with E-state index in [0.717, 1.165) is 32.8 Å². The molecule has 6 nitrogen and oxygen atoms in total. The van der Waals surface area contributed by atoms with Crippen LogP contribution in [0.5, 0.6) is 5.75 Å². The van der Waals surface area contributed by atoms with Gasteiger partial charge >= 0.3 is 0 Å². The Bertz CT molecular complexity index is 1050. The van der Waals surface area contributed by atoms with Gasteiger partial charge in [0.25, 0.3) is 0 Å². The van der Waals surface area contributed by atoms with E-state index in [-0.39, 0.29) is 11.7 Å². The highest BCUT2D eigenvalue weighted by Crippen LogP contribution is 2.27. The van der Waals surface area contributed by atoms with E-state index >= 15 is 0 Å². The minimum Gasteiger partial charge on any atom is -0.486 e. The fourth-order valence-corrected chi connectivity index (χ4v) is 4.60. The van der Waals surface area contributed by atoms with Gasteiger partial charge in [0.15, 0.2) is 11.0 Å². The van der Waals surface area contributed by atoms with E-state index < -0.39 is 0 Å². The van der Waals surface area contributed by atoms with Crippen LogP contribution in [0.15, 0.2) is 47.6 Å². The van der Waals surface area contributed by atoms with Gasteiger partial charge < -0.3 is 14.6 Å². The third-order valence-corrected chi connectivity index (χ3v) is 6.69. The summed E-state index contributed by atoms with van der Waals surface area (Å²) >= 11 is 3.68. The van der Waals surface area contributed by atoms with Crippen LogP contribution >= 0.6 is 34.4 Å². The molecule has 0 saturated heterocycles. The maximum atomic E-state index is 12.6. The molecule has 0 fully saturated rings. The van der Waals surface area contributed by atoms with E-state index in [4.69, 9.17) is 4.74 Å². The van der Waals surface area contributed by atoms with Gasteiger partial charge in [0.2, 0.25) is 5.91 Å². The molecule has 1 aromatic heterocycles. The summed E-state index contributed by atoms with van der Waals surface area (Å²) in [5.41, 5.74) is 3.28. The van der Waals surface area contributed by atoms with Gasteiger partial charge in [-0.3, -0.25) is 4.79 Å². The Balaban J connectivity index is 1.59. The summed E-state index contributed by atoms with van der Waals surface area (Å²) < 4.78 is 9.03. The lowest BCUT2D eigenvalue weighted by Gasteiger charge is -2.14. The third-order valence-electron chi connectivity index (χ3n) is 5.05. The molecular weight excluding hydrogens is 535 g/mol. The molecule has 0 atom stereocenters. The molecule has 3 rings (SSSR count). The second-order valence-corrected chi connectivity index (χ2v) is 9.84. The Morgan fingerprint density at radius 3 is 2.56 bits per heavy atom. The molecule has 0 unspecified atom stereocenters. The first kappa shape index (κ1) is 24.6. The Morgan fingerprint density at radius 1 is 1.16 bits per heavy atom. The zero-order valence-corrected chi connectivity index (χ0v) is 21.9. The molecule has 0 radical (unpaired) electrons. The molecule has 0 saturated carbocycles. The number of hydrogen-bond acceptors (Lipinski definition) is 5. The lowest BCUT2D eigenvalue weighted by molar-refractivity contribution is -0.113. The smallest absolute Gasteiger partial charge is 0.234 e. The molecule has 0 spiro atoms. The highest BCUT2D eigenvalue weighted by molar-refractivity contribution is 14.1. The van der Waals surface area contributed by atoms with Crippen molar-refractivity contribution in [1.29, 1.82) is 0 Å². The van der Waals surface area contributed by atoms with Gasteiger partial charge in [0, 0.05) is 15.8 Å². The van der Waals surface area contributed by atoms with E-state index in [1.165, 1.54) is 17.3 Å². The fourth-order valence-electron chi connectivity index (χ4n) is 3.26. The number of amides is 1. The number of benzene rings is 2. The van der Waals surface area contributed by atoms with Gasteiger partial charge in [-0.05, 0) is 83.3 Å². The molecule has 32 heavy (non-hydrogen) atoms. The van der Waals surface area contributed by atoms with E-state index in [1.54, 1.807) is 0 Å². The monoisotopic (exact) mass is 564 g/mol. The zero-order chi connectivity index (χ0) is 23.1. The van der Waals surface area contributed by atoms with E-state index in [1.807, 2.05) is 35.8 Å². The van der Waals surface area contributed by atoms with Crippen molar-refractivity contribution >= 4 is 45.9 Å². The van der Waals surface area contributed by atoms with Crippen molar-refractivity contribution in [3.05, 3.63) is 63.0 Å². The lowest BCUT2D eigenvalue weighted by Crippen LogP contribution is -2.16. The largest absolute Gasteiger partial charge is 0.486 e. The molecule has 1 N–H and O–H groups in total. The minimum absolute atomic E-state index is 0.0578. The number of hydrogen-bond donors (Lipinski definition) is 1. The molecule has 0 aliphatic heterocycles. The molecule has 0 aliphatic rings. The highest BCUT2D eigenvalue weighted by Gasteiger charge is 2.15. The standard InChI is InChI=1S/C24H29IN4O2S/c1-5-17-7-10-19(11-8-17)31-14-22-27-28-24(29(22)6-2)32-15-23(30)26-21-12-9-18(25)13-20(21)16(3)4/h7-13,16H,5-6,14-15H2,1-4H3,(H,26,30). The Morgan fingerprint density at radius 2 is 1.91 bits per heavy atom. The van der Waals surface area contributed by atoms with Crippen molar-refractivity contribution in [3.8, 4) is 5.75 Å². The van der Waals surface area contributed by atoms with Gasteiger partial charge in [-0.15, -0.1) is 10.2 Å². The molecule has 3 aromatic rings. The molecular formula is C24H29IN4O2S.